The highest BCUT2D eigenvalue weighted by Gasteiger charge is 2.56. The molecular formula is C11H19N3O3. The first-order valence-electron chi connectivity index (χ1n) is 5.90. The number of nitrogens with two attached hydrogens (primary N) is 1. The zero-order chi connectivity index (χ0) is 12.5. The number of hydrogen-bond donors (Lipinski definition) is 2. The summed E-state index contributed by atoms with van der Waals surface area (Å²) in [7, 11) is 1.67. The van der Waals surface area contributed by atoms with E-state index in [2.05, 4.69) is 5.16 Å². The monoisotopic (exact) mass is 241 g/mol. The van der Waals surface area contributed by atoms with Gasteiger partial charge in [0.2, 0.25) is 5.91 Å². The molecule has 17 heavy (non-hydrogen) atoms. The fourth-order valence-electron chi connectivity index (χ4n) is 2.49. The highest BCUT2D eigenvalue weighted by molar-refractivity contribution is 6.09. The van der Waals surface area contributed by atoms with Gasteiger partial charge in [-0.15, -0.1) is 0 Å². The van der Waals surface area contributed by atoms with Crippen molar-refractivity contribution in [2.75, 3.05) is 26.8 Å². The van der Waals surface area contributed by atoms with Crippen LogP contribution < -0.4 is 5.73 Å². The molecule has 6 nitrogen and oxygen atoms in total. The van der Waals surface area contributed by atoms with Crippen LogP contribution in [0.3, 0.4) is 0 Å². The van der Waals surface area contributed by atoms with E-state index in [1.54, 1.807) is 7.11 Å². The van der Waals surface area contributed by atoms with Crippen molar-refractivity contribution in [1.82, 2.24) is 4.90 Å². The van der Waals surface area contributed by atoms with E-state index in [4.69, 9.17) is 15.7 Å². The number of amidine groups is 1. The molecule has 6 heteroatoms. The van der Waals surface area contributed by atoms with Crippen LogP contribution in [0.25, 0.3) is 0 Å². The average molecular weight is 241 g/mol. The Morgan fingerprint density at radius 1 is 1.65 bits per heavy atom. The fraction of sp³-hybridized carbons (Fsp3) is 0.818. The lowest BCUT2D eigenvalue weighted by atomic mass is 10.0. The molecule has 1 saturated carbocycles. The third-order valence-corrected chi connectivity index (χ3v) is 3.73. The Morgan fingerprint density at radius 2 is 2.35 bits per heavy atom. The Hall–Kier alpha value is -1.30. The summed E-state index contributed by atoms with van der Waals surface area (Å²) in [5.74, 6) is 0.469. The van der Waals surface area contributed by atoms with Crippen LogP contribution >= 0.6 is 0 Å². The van der Waals surface area contributed by atoms with Gasteiger partial charge in [0, 0.05) is 26.1 Å². The number of amides is 1. The second-order valence-corrected chi connectivity index (χ2v) is 4.93. The van der Waals surface area contributed by atoms with E-state index >= 15 is 0 Å². The summed E-state index contributed by atoms with van der Waals surface area (Å²) in [5, 5.41) is 11.7. The number of oxime groups is 1. The molecule has 0 spiro atoms. The summed E-state index contributed by atoms with van der Waals surface area (Å²) in [6.45, 7) is 2.14. The molecule has 1 aliphatic carbocycles. The summed E-state index contributed by atoms with van der Waals surface area (Å²) < 4.78 is 5.10. The Kier molecular flexibility index (Phi) is 3.24. The number of methoxy groups -OCH3 is 1. The topological polar surface area (TPSA) is 88.2 Å². The number of carbonyl (C=O) groups is 1. The van der Waals surface area contributed by atoms with Gasteiger partial charge >= 0.3 is 0 Å². The second kappa shape index (κ2) is 4.52. The highest BCUT2D eigenvalue weighted by atomic mass is 16.5. The van der Waals surface area contributed by atoms with Gasteiger partial charge in [-0.2, -0.15) is 0 Å². The minimum atomic E-state index is -0.712. The third-order valence-electron chi connectivity index (χ3n) is 3.73. The van der Waals surface area contributed by atoms with Gasteiger partial charge in [0.15, 0.2) is 5.84 Å². The normalized spacial score (nSPS) is 27.2. The van der Waals surface area contributed by atoms with Gasteiger partial charge in [-0.25, -0.2) is 0 Å². The van der Waals surface area contributed by atoms with Crippen molar-refractivity contribution in [3.05, 3.63) is 0 Å². The van der Waals surface area contributed by atoms with E-state index in [0.717, 1.165) is 13.0 Å². The third kappa shape index (κ3) is 2.09. The van der Waals surface area contributed by atoms with Crippen molar-refractivity contribution < 1.29 is 14.7 Å². The summed E-state index contributed by atoms with van der Waals surface area (Å²) in [6, 6.07) is 0. The average Bonchev–Trinajstić information content (AvgIpc) is 3.02. The Bertz CT molecular complexity index is 339. The zero-order valence-electron chi connectivity index (χ0n) is 10.1. The number of ether oxygens (including phenoxy) is 1. The molecule has 1 unspecified atom stereocenters. The molecule has 1 atom stereocenters. The van der Waals surface area contributed by atoms with Crippen molar-refractivity contribution in [3.8, 4) is 0 Å². The summed E-state index contributed by atoms with van der Waals surface area (Å²) in [6.07, 6.45) is 2.34. The van der Waals surface area contributed by atoms with E-state index in [-0.39, 0.29) is 11.7 Å². The van der Waals surface area contributed by atoms with Crippen molar-refractivity contribution in [3.63, 3.8) is 0 Å². The number of nitrogens with zero attached hydrogens (tertiary/aromatic N) is 2. The van der Waals surface area contributed by atoms with Crippen LogP contribution in [0.4, 0.5) is 0 Å². The van der Waals surface area contributed by atoms with Gasteiger partial charge < -0.3 is 20.6 Å². The van der Waals surface area contributed by atoms with Gasteiger partial charge in [-0.1, -0.05) is 5.16 Å². The van der Waals surface area contributed by atoms with Crippen LogP contribution in [-0.2, 0) is 9.53 Å². The Morgan fingerprint density at radius 3 is 2.88 bits per heavy atom. The molecule has 0 bridgehead atoms. The first-order valence-corrected chi connectivity index (χ1v) is 5.90. The first-order chi connectivity index (χ1) is 8.14. The van der Waals surface area contributed by atoms with E-state index in [1.165, 1.54) is 0 Å². The largest absolute Gasteiger partial charge is 0.409 e. The van der Waals surface area contributed by atoms with Gasteiger partial charge in [-0.3, -0.25) is 4.79 Å². The lowest BCUT2D eigenvalue weighted by molar-refractivity contribution is -0.133. The predicted octanol–water partition coefficient (Wildman–Crippen LogP) is 0.00790. The molecule has 0 aromatic rings. The second-order valence-electron chi connectivity index (χ2n) is 4.93. The number of carbonyl (C=O) groups excluding carboxylic acids is 1. The molecule has 0 radical (unpaired) electrons. The molecule has 3 N–H and O–H groups in total. The predicted molar refractivity (Wildman–Crippen MR) is 61.6 cm³/mol. The molecule has 0 aromatic carbocycles. The Labute approximate surface area is 100 Å². The summed E-state index contributed by atoms with van der Waals surface area (Å²) >= 11 is 0. The first kappa shape index (κ1) is 12.2. The highest BCUT2D eigenvalue weighted by Crippen LogP contribution is 2.48. The van der Waals surface area contributed by atoms with Crippen molar-refractivity contribution >= 4 is 11.7 Å². The molecule has 2 aliphatic rings. The van der Waals surface area contributed by atoms with Crippen LogP contribution in [0.2, 0.25) is 0 Å². The molecule has 96 valence electrons. The molecular weight excluding hydrogens is 222 g/mol. The SMILES string of the molecule is COCC1CCN(C(=O)C2(C(N)=NO)CC2)C1. The van der Waals surface area contributed by atoms with Gasteiger partial charge in [0.05, 0.1) is 6.61 Å². The molecule has 2 fully saturated rings. The maximum Gasteiger partial charge on any atom is 0.236 e. The molecule has 2 rings (SSSR count). The van der Waals surface area contributed by atoms with E-state index in [9.17, 15) is 4.79 Å². The van der Waals surface area contributed by atoms with Gasteiger partial charge in [0.25, 0.3) is 0 Å². The van der Waals surface area contributed by atoms with Crippen molar-refractivity contribution in [1.29, 1.82) is 0 Å². The van der Waals surface area contributed by atoms with Crippen molar-refractivity contribution in [2.24, 2.45) is 22.2 Å². The number of likely N-dealkylation sites (tertiary alicyclic amines) is 1. The van der Waals surface area contributed by atoms with Crippen LogP contribution in [0.15, 0.2) is 5.16 Å². The summed E-state index contributed by atoms with van der Waals surface area (Å²) in [4.78, 5) is 14.1. The number of hydrogen-bond acceptors (Lipinski definition) is 4. The quantitative estimate of drug-likeness (QED) is 0.314. The molecule has 1 amide bonds. The van der Waals surface area contributed by atoms with Crippen LogP contribution in [0.1, 0.15) is 19.3 Å². The fourth-order valence-corrected chi connectivity index (χ4v) is 2.49. The maximum absolute atomic E-state index is 12.3. The lowest BCUT2D eigenvalue weighted by Gasteiger charge is -2.22. The lowest BCUT2D eigenvalue weighted by Crippen LogP contribution is -2.42. The number of rotatable bonds is 4. The van der Waals surface area contributed by atoms with Crippen LogP contribution in [-0.4, -0.2) is 48.7 Å². The maximum atomic E-state index is 12.3. The summed E-state index contributed by atoms with van der Waals surface area (Å²) in [5.41, 5.74) is 4.89. The molecule has 1 heterocycles. The standard InChI is InChI=1S/C11H19N3O3/c1-17-7-8-2-5-14(6-8)10(15)11(3-4-11)9(12)13-16/h8,16H,2-7H2,1H3,(H2,12,13). The minimum Gasteiger partial charge on any atom is -0.409 e. The Balaban J connectivity index is 1.98. The molecule has 0 aromatic heterocycles. The van der Waals surface area contributed by atoms with E-state index in [0.29, 0.717) is 31.9 Å². The van der Waals surface area contributed by atoms with Crippen molar-refractivity contribution in [2.45, 2.75) is 19.3 Å². The molecule has 1 aliphatic heterocycles. The molecule has 1 saturated heterocycles. The minimum absolute atomic E-state index is 0.00593. The zero-order valence-corrected chi connectivity index (χ0v) is 10.1. The van der Waals surface area contributed by atoms with E-state index < -0.39 is 5.41 Å². The van der Waals surface area contributed by atoms with Crippen LogP contribution in [0, 0.1) is 11.3 Å². The van der Waals surface area contributed by atoms with E-state index in [1.807, 2.05) is 4.90 Å². The van der Waals surface area contributed by atoms with Crippen LogP contribution in [0.5, 0.6) is 0 Å². The van der Waals surface area contributed by atoms with Gasteiger partial charge in [0.1, 0.15) is 5.41 Å². The smallest absolute Gasteiger partial charge is 0.236 e. The van der Waals surface area contributed by atoms with Gasteiger partial charge in [-0.05, 0) is 19.3 Å².